The molecule has 1 aromatic rings. The highest BCUT2D eigenvalue weighted by atomic mass is 35.5. The standard InChI is InChI=1S/C13H11ClF2O4/c1-3-20-6-8(13(18)19-2)12(17)7-4-10(15)11(16)5-9(7)14/h4-6H,3H2,1-2H3. The van der Waals surface area contributed by atoms with Crippen molar-refractivity contribution in [2.45, 2.75) is 6.92 Å². The molecule has 0 saturated heterocycles. The van der Waals surface area contributed by atoms with Gasteiger partial charge in [0.15, 0.2) is 11.6 Å². The fourth-order valence-corrected chi connectivity index (χ4v) is 1.55. The Labute approximate surface area is 118 Å². The monoisotopic (exact) mass is 304 g/mol. The van der Waals surface area contributed by atoms with Crippen LogP contribution in [-0.4, -0.2) is 25.5 Å². The average Bonchev–Trinajstić information content (AvgIpc) is 2.42. The van der Waals surface area contributed by atoms with E-state index in [2.05, 4.69) is 4.74 Å². The highest BCUT2D eigenvalue weighted by Crippen LogP contribution is 2.23. The third-order valence-corrected chi connectivity index (χ3v) is 2.59. The van der Waals surface area contributed by atoms with E-state index >= 15 is 0 Å². The van der Waals surface area contributed by atoms with Crippen LogP contribution in [0.5, 0.6) is 0 Å². The van der Waals surface area contributed by atoms with Gasteiger partial charge in [0.25, 0.3) is 0 Å². The van der Waals surface area contributed by atoms with Crippen LogP contribution in [0.1, 0.15) is 17.3 Å². The van der Waals surface area contributed by atoms with E-state index in [1.807, 2.05) is 0 Å². The van der Waals surface area contributed by atoms with E-state index in [1.54, 1.807) is 6.92 Å². The molecule has 20 heavy (non-hydrogen) atoms. The third-order valence-electron chi connectivity index (χ3n) is 2.27. The summed E-state index contributed by atoms with van der Waals surface area (Å²) in [5, 5.41) is -0.319. The summed E-state index contributed by atoms with van der Waals surface area (Å²) < 4.78 is 35.4. The number of benzene rings is 1. The van der Waals surface area contributed by atoms with Crippen molar-refractivity contribution in [3.05, 3.63) is 46.2 Å². The van der Waals surface area contributed by atoms with Gasteiger partial charge in [0.1, 0.15) is 11.8 Å². The molecule has 0 fully saturated rings. The SMILES string of the molecule is CCOC=C(C(=O)OC)C(=O)c1cc(F)c(F)cc1Cl. The molecule has 0 unspecified atom stereocenters. The first-order valence-electron chi connectivity index (χ1n) is 5.51. The van der Waals surface area contributed by atoms with Crippen LogP contribution in [0.15, 0.2) is 24.0 Å². The van der Waals surface area contributed by atoms with E-state index in [0.29, 0.717) is 12.1 Å². The van der Waals surface area contributed by atoms with Gasteiger partial charge in [0, 0.05) is 5.56 Å². The molecule has 0 radical (unpaired) electrons. The molecular formula is C13H11ClF2O4. The number of ketones is 1. The summed E-state index contributed by atoms with van der Waals surface area (Å²) in [7, 11) is 1.07. The molecule has 7 heteroatoms. The number of carbonyl (C=O) groups excluding carboxylic acids is 2. The van der Waals surface area contributed by atoms with Crippen molar-refractivity contribution in [3.8, 4) is 0 Å². The predicted molar refractivity (Wildman–Crippen MR) is 67.4 cm³/mol. The molecule has 0 spiro atoms. The minimum atomic E-state index is -1.25. The quantitative estimate of drug-likeness (QED) is 0.160. The Bertz CT molecular complexity index is 570. The summed E-state index contributed by atoms with van der Waals surface area (Å²) in [6, 6.07) is 1.27. The Balaban J connectivity index is 3.26. The molecule has 0 aliphatic heterocycles. The topological polar surface area (TPSA) is 52.6 Å². The predicted octanol–water partition coefficient (Wildman–Crippen LogP) is 2.89. The van der Waals surface area contributed by atoms with Gasteiger partial charge in [-0.25, -0.2) is 13.6 Å². The van der Waals surface area contributed by atoms with Gasteiger partial charge in [0.05, 0.1) is 18.7 Å². The van der Waals surface area contributed by atoms with E-state index in [9.17, 15) is 18.4 Å². The molecule has 0 saturated carbocycles. The van der Waals surface area contributed by atoms with E-state index in [-0.39, 0.29) is 17.2 Å². The second kappa shape index (κ2) is 7.00. The zero-order valence-electron chi connectivity index (χ0n) is 10.7. The minimum Gasteiger partial charge on any atom is -0.500 e. The Hall–Kier alpha value is -1.95. The van der Waals surface area contributed by atoms with Crippen LogP contribution in [0.2, 0.25) is 5.02 Å². The number of hydrogen-bond acceptors (Lipinski definition) is 4. The maximum absolute atomic E-state index is 13.2. The number of methoxy groups -OCH3 is 1. The zero-order valence-corrected chi connectivity index (χ0v) is 11.5. The van der Waals surface area contributed by atoms with Crippen molar-refractivity contribution in [2.75, 3.05) is 13.7 Å². The summed E-state index contributed by atoms with van der Waals surface area (Å²) >= 11 is 5.67. The number of halogens is 3. The first-order valence-corrected chi connectivity index (χ1v) is 5.89. The van der Waals surface area contributed by atoms with E-state index in [1.165, 1.54) is 0 Å². The molecule has 4 nitrogen and oxygen atoms in total. The maximum atomic E-state index is 13.2. The van der Waals surface area contributed by atoms with Crippen LogP contribution in [0.4, 0.5) is 8.78 Å². The molecule has 1 rings (SSSR count). The second-order valence-electron chi connectivity index (χ2n) is 3.55. The lowest BCUT2D eigenvalue weighted by Gasteiger charge is -2.07. The molecule has 1 aromatic carbocycles. The largest absolute Gasteiger partial charge is 0.500 e. The molecule has 0 aromatic heterocycles. The maximum Gasteiger partial charge on any atom is 0.345 e. The van der Waals surface area contributed by atoms with Crippen molar-refractivity contribution in [1.82, 2.24) is 0 Å². The van der Waals surface area contributed by atoms with Gasteiger partial charge in [-0.2, -0.15) is 0 Å². The normalized spacial score (nSPS) is 11.2. The van der Waals surface area contributed by atoms with Gasteiger partial charge in [-0.1, -0.05) is 11.6 Å². The minimum absolute atomic E-state index is 0.208. The smallest absolute Gasteiger partial charge is 0.345 e. The summed E-state index contributed by atoms with van der Waals surface area (Å²) in [6.45, 7) is 1.85. The molecule has 0 aliphatic rings. The number of rotatable bonds is 5. The van der Waals surface area contributed by atoms with Crippen molar-refractivity contribution >= 4 is 23.4 Å². The van der Waals surface area contributed by atoms with Crippen LogP contribution >= 0.6 is 11.6 Å². The molecule has 0 N–H and O–H groups in total. The Kier molecular flexibility index (Phi) is 5.64. The third kappa shape index (κ3) is 3.54. The van der Waals surface area contributed by atoms with Crippen LogP contribution in [0.25, 0.3) is 0 Å². The van der Waals surface area contributed by atoms with Crippen LogP contribution in [0, 0.1) is 11.6 Å². The van der Waals surface area contributed by atoms with Crippen molar-refractivity contribution < 1.29 is 27.8 Å². The molecule has 0 atom stereocenters. The van der Waals surface area contributed by atoms with E-state index < -0.39 is 29.0 Å². The molecule has 0 heterocycles. The average molecular weight is 305 g/mol. The lowest BCUT2D eigenvalue weighted by Crippen LogP contribution is -2.16. The van der Waals surface area contributed by atoms with Crippen LogP contribution < -0.4 is 0 Å². The Morgan fingerprint density at radius 1 is 1.30 bits per heavy atom. The van der Waals surface area contributed by atoms with Crippen LogP contribution in [0.3, 0.4) is 0 Å². The molecule has 0 amide bonds. The van der Waals surface area contributed by atoms with Gasteiger partial charge in [-0.15, -0.1) is 0 Å². The van der Waals surface area contributed by atoms with Gasteiger partial charge in [-0.3, -0.25) is 4.79 Å². The Morgan fingerprint density at radius 2 is 1.90 bits per heavy atom. The highest BCUT2D eigenvalue weighted by Gasteiger charge is 2.24. The van der Waals surface area contributed by atoms with Crippen molar-refractivity contribution in [3.63, 3.8) is 0 Å². The summed E-state index contributed by atoms with van der Waals surface area (Å²) in [5.74, 6) is -4.34. The summed E-state index contributed by atoms with van der Waals surface area (Å²) in [6.07, 6.45) is 0.895. The molecular weight excluding hydrogens is 294 g/mol. The van der Waals surface area contributed by atoms with Gasteiger partial charge in [-0.05, 0) is 19.1 Å². The Morgan fingerprint density at radius 3 is 2.45 bits per heavy atom. The van der Waals surface area contributed by atoms with Gasteiger partial charge >= 0.3 is 5.97 Å². The highest BCUT2D eigenvalue weighted by molar-refractivity contribution is 6.36. The molecule has 0 aliphatic carbocycles. The lowest BCUT2D eigenvalue weighted by molar-refractivity contribution is -0.135. The van der Waals surface area contributed by atoms with Crippen molar-refractivity contribution in [2.24, 2.45) is 0 Å². The zero-order chi connectivity index (χ0) is 15.3. The van der Waals surface area contributed by atoms with Gasteiger partial charge in [0.2, 0.25) is 5.78 Å². The van der Waals surface area contributed by atoms with Crippen molar-refractivity contribution in [1.29, 1.82) is 0 Å². The van der Waals surface area contributed by atoms with Crippen LogP contribution in [-0.2, 0) is 14.3 Å². The first-order chi connectivity index (χ1) is 9.42. The van der Waals surface area contributed by atoms with E-state index in [0.717, 1.165) is 13.4 Å². The molecule has 108 valence electrons. The summed E-state index contributed by atoms with van der Waals surface area (Å²) in [4.78, 5) is 23.6. The van der Waals surface area contributed by atoms with Gasteiger partial charge < -0.3 is 9.47 Å². The molecule has 0 bridgehead atoms. The first kappa shape index (κ1) is 16.1. The number of hydrogen-bond donors (Lipinski definition) is 0. The number of esters is 1. The van der Waals surface area contributed by atoms with E-state index in [4.69, 9.17) is 16.3 Å². The summed E-state index contributed by atoms with van der Waals surface area (Å²) in [5.41, 5.74) is -0.829. The number of ether oxygens (including phenoxy) is 2. The number of carbonyl (C=O) groups is 2. The lowest BCUT2D eigenvalue weighted by atomic mass is 10.0. The second-order valence-corrected chi connectivity index (χ2v) is 3.96. The number of Topliss-reactive ketones (excluding diaryl/α,β-unsaturated/α-hetero) is 1. The fourth-order valence-electron chi connectivity index (χ4n) is 1.31. The fraction of sp³-hybridized carbons (Fsp3) is 0.231.